The van der Waals surface area contributed by atoms with Gasteiger partial charge in [0.2, 0.25) is 0 Å². The van der Waals surface area contributed by atoms with Crippen molar-refractivity contribution < 1.29 is 0 Å². The number of likely N-dealkylation sites (N-methyl/N-ethyl adjacent to an activating group) is 1. The number of hydrogen-bond donors (Lipinski definition) is 1. The summed E-state index contributed by atoms with van der Waals surface area (Å²) in [5.74, 6) is 0. The summed E-state index contributed by atoms with van der Waals surface area (Å²) in [6.45, 7) is 7.30. The van der Waals surface area contributed by atoms with Gasteiger partial charge in [0.15, 0.2) is 0 Å². The Morgan fingerprint density at radius 2 is 2.26 bits per heavy atom. The molecule has 1 aromatic heterocycles. The number of benzene rings is 1. The van der Waals surface area contributed by atoms with E-state index < -0.39 is 0 Å². The van der Waals surface area contributed by atoms with Crippen LogP contribution >= 0.6 is 0 Å². The molecule has 1 aromatic carbocycles. The lowest BCUT2D eigenvalue weighted by Gasteiger charge is -2.22. The van der Waals surface area contributed by atoms with Crippen LogP contribution in [0.2, 0.25) is 0 Å². The average molecular weight is 259 g/mol. The van der Waals surface area contributed by atoms with Crippen molar-refractivity contribution in [2.45, 2.75) is 39.3 Å². The lowest BCUT2D eigenvalue weighted by Crippen LogP contribution is -2.35. The number of fused-ring (bicyclic) bond motifs is 1. The van der Waals surface area contributed by atoms with Crippen molar-refractivity contribution >= 4 is 11.0 Å². The fraction of sp³-hybridized carbons (Fsp3) is 0.533. The lowest BCUT2D eigenvalue weighted by molar-refractivity contribution is 0.244. The molecule has 102 valence electrons. The highest BCUT2D eigenvalue weighted by Gasteiger charge is 2.24. The number of H-pyrrole nitrogens is 1. The van der Waals surface area contributed by atoms with E-state index in [1.54, 1.807) is 0 Å². The Morgan fingerprint density at radius 1 is 1.42 bits per heavy atom. The molecule has 19 heavy (non-hydrogen) atoms. The smallest absolute Gasteiger partial charge is 0.306 e. The summed E-state index contributed by atoms with van der Waals surface area (Å²) >= 11 is 0. The fourth-order valence-electron chi connectivity index (χ4n) is 3.17. The summed E-state index contributed by atoms with van der Waals surface area (Å²) in [6, 6.07) is 6.63. The van der Waals surface area contributed by atoms with E-state index in [4.69, 9.17) is 0 Å². The zero-order valence-corrected chi connectivity index (χ0v) is 11.6. The molecule has 1 N–H and O–H groups in total. The molecule has 4 nitrogen and oxygen atoms in total. The number of imidazole rings is 1. The molecule has 1 atom stereocenters. The normalized spacial score (nSPS) is 20.4. The maximum absolute atomic E-state index is 12.1. The van der Waals surface area contributed by atoms with Crippen molar-refractivity contribution in [2.24, 2.45) is 0 Å². The van der Waals surface area contributed by atoms with Crippen molar-refractivity contribution in [2.75, 3.05) is 13.1 Å². The summed E-state index contributed by atoms with van der Waals surface area (Å²) in [5.41, 5.74) is 3.19. The maximum Gasteiger partial charge on any atom is 0.326 e. The van der Waals surface area contributed by atoms with Crippen molar-refractivity contribution in [3.8, 4) is 0 Å². The number of rotatable bonds is 3. The Morgan fingerprint density at radius 3 is 3.05 bits per heavy atom. The molecule has 1 aliphatic rings. The van der Waals surface area contributed by atoms with E-state index in [2.05, 4.69) is 29.8 Å². The summed E-state index contributed by atoms with van der Waals surface area (Å²) < 4.78 is 1.90. The number of aromatic amines is 1. The Labute approximate surface area is 113 Å². The van der Waals surface area contributed by atoms with Gasteiger partial charge in [-0.1, -0.05) is 13.0 Å². The first kappa shape index (κ1) is 12.5. The van der Waals surface area contributed by atoms with Crippen molar-refractivity contribution in [1.82, 2.24) is 14.5 Å². The molecule has 1 aliphatic heterocycles. The van der Waals surface area contributed by atoms with Crippen LogP contribution in [0.4, 0.5) is 0 Å². The van der Waals surface area contributed by atoms with E-state index in [0.717, 1.165) is 30.7 Å². The van der Waals surface area contributed by atoms with Crippen LogP contribution in [0.25, 0.3) is 11.0 Å². The second-order valence-electron chi connectivity index (χ2n) is 5.49. The van der Waals surface area contributed by atoms with Gasteiger partial charge in [0.1, 0.15) is 0 Å². The van der Waals surface area contributed by atoms with E-state index in [-0.39, 0.29) is 5.69 Å². The minimum Gasteiger partial charge on any atom is -0.306 e. The Kier molecular flexibility index (Phi) is 3.19. The predicted octanol–water partition coefficient (Wildman–Crippen LogP) is 2.12. The third-order valence-electron chi connectivity index (χ3n) is 4.23. The number of likely N-dealkylation sites (tertiary alicyclic amines) is 1. The van der Waals surface area contributed by atoms with Crippen LogP contribution in [-0.2, 0) is 6.54 Å². The van der Waals surface area contributed by atoms with Gasteiger partial charge in [0.05, 0.1) is 11.0 Å². The number of aryl methyl sites for hydroxylation is 1. The summed E-state index contributed by atoms with van der Waals surface area (Å²) in [7, 11) is 0. The molecule has 0 radical (unpaired) electrons. The summed E-state index contributed by atoms with van der Waals surface area (Å²) in [4.78, 5) is 17.5. The Hall–Kier alpha value is -1.55. The molecule has 1 saturated heterocycles. The van der Waals surface area contributed by atoms with Crippen LogP contribution < -0.4 is 5.69 Å². The van der Waals surface area contributed by atoms with E-state index in [1.165, 1.54) is 18.4 Å². The highest BCUT2D eigenvalue weighted by Crippen LogP contribution is 2.20. The quantitative estimate of drug-likeness (QED) is 0.917. The van der Waals surface area contributed by atoms with Gasteiger partial charge in [-0.05, 0) is 50.6 Å². The molecule has 2 aromatic rings. The van der Waals surface area contributed by atoms with Gasteiger partial charge in [-0.3, -0.25) is 9.47 Å². The predicted molar refractivity (Wildman–Crippen MR) is 77.6 cm³/mol. The van der Waals surface area contributed by atoms with E-state index >= 15 is 0 Å². The number of aromatic nitrogens is 2. The number of nitrogens with zero attached hydrogens (tertiary/aromatic N) is 2. The average Bonchev–Trinajstić information content (AvgIpc) is 2.96. The van der Waals surface area contributed by atoms with Gasteiger partial charge >= 0.3 is 5.69 Å². The van der Waals surface area contributed by atoms with Gasteiger partial charge < -0.3 is 4.98 Å². The van der Waals surface area contributed by atoms with Gasteiger partial charge in [0, 0.05) is 12.6 Å². The molecule has 0 bridgehead atoms. The summed E-state index contributed by atoms with van der Waals surface area (Å²) in [6.07, 6.45) is 2.44. The molecule has 1 unspecified atom stereocenters. The van der Waals surface area contributed by atoms with Crippen LogP contribution in [0.15, 0.2) is 23.0 Å². The maximum atomic E-state index is 12.1. The Bertz CT molecular complexity index is 640. The molecule has 4 heteroatoms. The van der Waals surface area contributed by atoms with Crippen LogP contribution in [0.5, 0.6) is 0 Å². The van der Waals surface area contributed by atoms with E-state index in [9.17, 15) is 4.79 Å². The van der Waals surface area contributed by atoms with Crippen molar-refractivity contribution in [3.05, 3.63) is 34.2 Å². The largest absolute Gasteiger partial charge is 0.326 e. The van der Waals surface area contributed by atoms with Gasteiger partial charge in [-0.25, -0.2) is 4.79 Å². The number of nitrogens with one attached hydrogen (secondary N) is 1. The second-order valence-corrected chi connectivity index (χ2v) is 5.49. The second kappa shape index (κ2) is 4.85. The first-order chi connectivity index (χ1) is 9.19. The first-order valence-corrected chi connectivity index (χ1v) is 7.12. The van der Waals surface area contributed by atoms with Gasteiger partial charge in [0.25, 0.3) is 0 Å². The molecular weight excluding hydrogens is 238 g/mol. The summed E-state index contributed by atoms with van der Waals surface area (Å²) in [5, 5.41) is 0. The molecule has 0 saturated carbocycles. The minimum atomic E-state index is 0.0172. The van der Waals surface area contributed by atoms with Crippen LogP contribution in [-0.4, -0.2) is 33.6 Å². The molecule has 2 heterocycles. The van der Waals surface area contributed by atoms with Gasteiger partial charge in [-0.15, -0.1) is 0 Å². The molecular formula is C15H21N3O. The van der Waals surface area contributed by atoms with Crippen LogP contribution in [0.1, 0.15) is 25.3 Å². The SMILES string of the molecule is CCN1CCCC1Cn1c(=O)[nH]c2ccc(C)cc21. The van der Waals surface area contributed by atoms with Crippen molar-refractivity contribution in [1.29, 1.82) is 0 Å². The fourth-order valence-corrected chi connectivity index (χ4v) is 3.17. The first-order valence-electron chi connectivity index (χ1n) is 7.12. The standard InChI is InChI=1S/C15H21N3O/c1-3-17-8-4-5-12(17)10-18-14-9-11(2)6-7-13(14)16-15(18)19/h6-7,9,12H,3-5,8,10H2,1-2H3,(H,16,19). The molecule has 0 amide bonds. The monoisotopic (exact) mass is 259 g/mol. The zero-order chi connectivity index (χ0) is 13.4. The Balaban J connectivity index is 1.98. The molecule has 1 fully saturated rings. The van der Waals surface area contributed by atoms with Crippen LogP contribution in [0, 0.1) is 6.92 Å². The highest BCUT2D eigenvalue weighted by molar-refractivity contribution is 5.75. The topological polar surface area (TPSA) is 41.0 Å². The molecule has 3 rings (SSSR count). The number of hydrogen-bond acceptors (Lipinski definition) is 2. The minimum absolute atomic E-state index is 0.0172. The van der Waals surface area contributed by atoms with Gasteiger partial charge in [-0.2, -0.15) is 0 Å². The van der Waals surface area contributed by atoms with E-state index in [1.807, 2.05) is 16.7 Å². The molecule has 0 spiro atoms. The van der Waals surface area contributed by atoms with Crippen LogP contribution in [0.3, 0.4) is 0 Å². The zero-order valence-electron chi connectivity index (χ0n) is 11.6. The van der Waals surface area contributed by atoms with E-state index in [0.29, 0.717) is 6.04 Å². The molecule has 0 aliphatic carbocycles. The highest BCUT2D eigenvalue weighted by atomic mass is 16.1. The third kappa shape index (κ3) is 2.21. The van der Waals surface area contributed by atoms with Crippen molar-refractivity contribution in [3.63, 3.8) is 0 Å². The third-order valence-corrected chi connectivity index (χ3v) is 4.23. The lowest BCUT2D eigenvalue weighted by atomic mass is 10.2.